The van der Waals surface area contributed by atoms with Crippen LogP contribution in [0.15, 0.2) is 30.5 Å². The van der Waals surface area contributed by atoms with E-state index >= 15 is 0 Å². The lowest BCUT2D eigenvalue weighted by Crippen LogP contribution is -2.15. The first-order valence-electron chi connectivity index (χ1n) is 5.92. The zero-order valence-corrected chi connectivity index (χ0v) is 10.9. The summed E-state index contributed by atoms with van der Waals surface area (Å²) in [5.74, 6) is 0.617. The van der Waals surface area contributed by atoms with Crippen molar-refractivity contribution in [2.24, 2.45) is 7.05 Å². The van der Waals surface area contributed by atoms with Crippen molar-refractivity contribution in [1.29, 1.82) is 0 Å². The molecular weight excluding hydrogens is 229 g/mol. The van der Waals surface area contributed by atoms with Crippen LogP contribution >= 0.6 is 0 Å². The summed E-state index contributed by atoms with van der Waals surface area (Å²) in [4.78, 5) is 0. The Morgan fingerprint density at radius 1 is 1.39 bits per heavy atom. The van der Waals surface area contributed by atoms with Crippen LogP contribution in [-0.4, -0.2) is 15.4 Å². The lowest BCUT2D eigenvalue weighted by molar-refractivity contribution is 0.217. The van der Waals surface area contributed by atoms with Crippen molar-refractivity contribution in [2.45, 2.75) is 25.9 Å². The average molecular weight is 247 g/mol. The quantitative estimate of drug-likeness (QED) is 0.906. The number of rotatable bonds is 3. The van der Waals surface area contributed by atoms with Crippen LogP contribution in [0, 0.1) is 0 Å². The molecule has 0 atom stereocenters. The third-order valence-corrected chi connectivity index (χ3v) is 2.85. The largest absolute Gasteiger partial charge is 0.383 e. The Morgan fingerprint density at radius 2 is 2.11 bits per heavy atom. The molecule has 0 saturated carbocycles. The molecule has 0 radical (unpaired) electrons. The van der Waals surface area contributed by atoms with Crippen molar-refractivity contribution in [3.05, 3.63) is 36.0 Å². The van der Waals surface area contributed by atoms with E-state index in [4.69, 9.17) is 5.73 Å². The molecule has 0 aliphatic heterocycles. The number of alkyl halides is 1. The summed E-state index contributed by atoms with van der Waals surface area (Å²) in [5, 5.41) is 4.11. The third-order valence-electron chi connectivity index (χ3n) is 2.85. The maximum Gasteiger partial charge on any atom is 0.129 e. The molecule has 0 bridgehead atoms. The molecule has 96 valence electrons. The summed E-state index contributed by atoms with van der Waals surface area (Å²) in [6.45, 7) is 3.16. The van der Waals surface area contributed by atoms with E-state index in [-0.39, 0.29) is 0 Å². The lowest BCUT2D eigenvalue weighted by atomic mass is 9.97. The van der Waals surface area contributed by atoms with E-state index in [0.29, 0.717) is 12.2 Å². The van der Waals surface area contributed by atoms with Gasteiger partial charge < -0.3 is 5.73 Å². The highest BCUT2D eigenvalue weighted by Gasteiger charge is 2.17. The second kappa shape index (κ2) is 4.44. The SMILES string of the molecule is Cn1ncc(-c2cccc(CC(C)(C)F)c2)c1N. The molecule has 0 fully saturated rings. The van der Waals surface area contributed by atoms with Crippen LogP contribution in [0.5, 0.6) is 0 Å². The normalized spacial score (nSPS) is 11.8. The molecule has 0 amide bonds. The fourth-order valence-corrected chi connectivity index (χ4v) is 2.00. The van der Waals surface area contributed by atoms with Gasteiger partial charge in [-0.25, -0.2) is 4.39 Å². The Bertz CT molecular complexity index is 552. The Kier molecular flexibility index (Phi) is 3.11. The van der Waals surface area contributed by atoms with Crippen LogP contribution < -0.4 is 5.73 Å². The molecule has 2 N–H and O–H groups in total. The fraction of sp³-hybridized carbons (Fsp3) is 0.357. The van der Waals surface area contributed by atoms with Crippen molar-refractivity contribution < 1.29 is 4.39 Å². The maximum absolute atomic E-state index is 13.7. The number of anilines is 1. The summed E-state index contributed by atoms with van der Waals surface area (Å²) in [7, 11) is 1.80. The summed E-state index contributed by atoms with van der Waals surface area (Å²) in [6, 6.07) is 7.77. The molecule has 2 rings (SSSR count). The summed E-state index contributed by atoms with van der Waals surface area (Å²) in [6.07, 6.45) is 2.12. The molecule has 18 heavy (non-hydrogen) atoms. The van der Waals surface area contributed by atoms with E-state index in [1.54, 1.807) is 31.8 Å². The molecule has 0 unspecified atom stereocenters. The number of nitrogens with zero attached hydrogens (tertiary/aromatic N) is 2. The van der Waals surface area contributed by atoms with Crippen molar-refractivity contribution in [3.63, 3.8) is 0 Å². The number of hydrogen-bond donors (Lipinski definition) is 1. The second-order valence-corrected chi connectivity index (χ2v) is 5.16. The van der Waals surface area contributed by atoms with Gasteiger partial charge in [-0.15, -0.1) is 0 Å². The average Bonchev–Trinajstić information content (AvgIpc) is 2.58. The fourth-order valence-electron chi connectivity index (χ4n) is 2.00. The molecule has 1 heterocycles. The topological polar surface area (TPSA) is 43.8 Å². The number of nitrogen functional groups attached to an aromatic ring is 1. The van der Waals surface area contributed by atoms with E-state index in [0.717, 1.165) is 16.7 Å². The van der Waals surface area contributed by atoms with Gasteiger partial charge >= 0.3 is 0 Å². The van der Waals surface area contributed by atoms with Crippen molar-refractivity contribution in [2.75, 3.05) is 5.73 Å². The highest BCUT2D eigenvalue weighted by atomic mass is 19.1. The van der Waals surface area contributed by atoms with Crippen LogP contribution in [0.4, 0.5) is 10.2 Å². The first kappa shape index (κ1) is 12.6. The first-order valence-corrected chi connectivity index (χ1v) is 5.92. The van der Waals surface area contributed by atoms with Gasteiger partial charge in [-0.1, -0.05) is 24.3 Å². The zero-order valence-electron chi connectivity index (χ0n) is 10.9. The van der Waals surface area contributed by atoms with Gasteiger partial charge in [-0.2, -0.15) is 5.10 Å². The summed E-state index contributed by atoms with van der Waals surface area (Å²) < 4.78 is 15.3. The maximum atomic E-state index is 13.7. The van der Waals surface area contributed by atoms with Crippen LogP contribution in [-0.2, 0) is 13.5 Å². The molecule has 0 spiro atoms. The summed E-state index contributed by atoms with van der Waals surface area (Å²) in [5.41, 5.74) is 7.55. The first-order chi connectivity index (χ1) is 8.37. The minimum Gasteiger partial charge on any atom is -0.383 e. The summed E-state index contributed by atoms with van der Waals surface area (Å²) >= 11 is 0. The van der Waals surface area contributed by atoms with Gasteiger partial charge in [0.25, 0.3) is 0 Å². The number of aryl methyl sites for hydroxylation is 1. The number of nitrogens with two attached hydrogens (primary N) is 1. The van der Waals surface area contributed by atoms with Crippen LogP contribution in [0.1, 0.15) is 19.4 Å². The molecule has 0 aliphatic carbocycles. The Morgan fingerprint density at radius 3 is 2.67 bits per heavy atom. The van der Waals surface area contributed by atoms with E-state index < -0.39 is 5.67 Å². The van der Waals surface area contributed by atoms with Gasteiger partial charge in [0.15, 0.2) is 0 Å². The zero-order chi connectivity index (χ0) is 13.3. The van der Waals surface area contributed by atoms with Gasteiger partial charge in [0.05, 0.1) is 6.20 Å². The number of halogens is 1. The van der Waals surface area contributed by atoms with Crippen LogP contribution in [0.3, 0.4) is 0 Å². The molecule has 0 aliphatic rings. The van der Waals surface area contributed by atoms with E-state index in [1.807, 2.05) is 24.3 Å². The monoisotopic (exact) mass is 247 g/mol. The Balaban J connectivity index is 2.36. The van der Waals surface area contributed by atoms with Gasteiger partial charge in [-0.3, -0.25) is 4.68 Å². The van der Waals surface area contributed by atoms with Crippen LogP contribution in [0.25, 0.3) is 11.1 Å². The number of aromatic nitrogens is 2. The van der Waals surface area contributed by atoms with Crippen molar-refractivity contribution >= 4 is 5.82 Å². The van der Waals surface area contributed by atoms with Gasteiger partial charge in [0.1, 0.15) is 11.5 Å². The Hall–Kier alpha value is -1.84. The Labute approximate surface area is 106 Å². The van der Waals surface area contributed by atoms with Gasteiger partial charge in [0, 0.05) is 19.0 Å². The highest BCUT2D eigenvalue weighted by molar-refractivity contribution is 5.73. The van der Waals surface area contributed by atoms with E-state index in [2.05, 4.69) is 5.10 Å². The van der Waals surface area contributed by atoms with E-state index in [1.165, 1.54) is 0 Å². The molecule has 0 saturated heterocycles. The number of benzene rings is 1. The predicted molar refractivity (Wildman–Crippen MR) is 71.9 cm³/mol. The molecule has 1 aromatic carbocycles. The number of hydrogen-bond acceptors (Lipinski definition) is 2. The van der Waals surface area contributed by atoms with Crippen molar-refractivity contribution in [3.8, 4) is 11.1 Å². The lowest BCUT2D eigenvalue weighted by Gasteiger charge is -2.14. The minimum absolute atomic E-state index is 0.390. The molecule has 1 aromatic heterocycles. The molecule has 4 heteroatoms. The minimum atomic E-state index is -1.21. The highest BCUT2D eigenvalue weighted by Crippen LogP contribution is 2.27. The predicted octanol–water partition coefficient (Wildman–Crippen LogP) is 2.96. The van der Waals surface area contributed by atoms with E-state index in [9.17, 15) is 4.39 Å². The van der Waals surface area contributed by atoms with Gasteiger partial charge in [-0.05, 0) is 25.0 Å². The second-order valence-electron chi connectivity index (χ2n) is 5.16. The van der Waals surface area contributed by atoms with Crippen molar-refractivity contribution in [1.82, 2.24) is 9.78 Å². The van der Waals surface area contributed by atoms with Crippen LogP contribution in [0.2, 0.25) is 0 Å². The molecular formula is C14H18FN3. The van der Waals surface area contributed by atoms with Gasteiger partial charge in [0.2, 0.25) is 0 Å². The molecule has 2 aromatic rings. The molecule has 3 nitrogen and oxygen atoms in total. The smallest absolute Gasteiger partial charge is 0.129 e. The standard InChI is InChI=1S/C14H18FN3/c1-14(2,15)8-10-5-4-6-11(7-10)12-9-17-18(3)13(12)16/h4-7,9H,8,16H2,1-3H3. The third kappa shape index (κ3) is 2.70.